The summed E-state index contributed by atoms with van der Waals surface area (Å²) < 4.78 is 0. The Morgan fingerprint density at radius 1 is 1.10 bits per heavy atom. The number of para-hydroxylation sites is 1. The maximum atomic E-state index is 12.6. The van der Waals surface area contributed by atoms with Crippen LogP contribution in [-0.2, 0) is 6.54 Å². The number of benzene rings is 2. The summed E-state index contributed by atoms with van der Waals surface area (Å²) >= 11 is 6.30. The maximum Gasteiger partial charge on any atom is 0.321 e. The summed E-state index contributed by atoms with van der Waals surface area (Å²) in [6, 6.07) is 18.5. The van der Waals surface area contributed by atoms with Gasteiger partial charge < -0.3 is 15.5 Å². The lowest BCUT2D eigenvalue weighted by Crippen LogP contribution is -2.31. The van der Waals surface area contributed by atoms with E-state index in [2.05, 4.69) is 15.6 Å². The molecule has 0 atom stereocenters. The number of pyridine rings is 1. The third-order valence-electron chi connectivity index (χ3n) is 4.23. The van der Waals surface area contributed by atoms with Gasteiger partial charge in [-0.15, -0.1) is 0 Å². The average molecular weight is 420 g/mol. The molecule has 3 rings (SSSR count). The van der Waals surface area contributed by atoms with Crippen molar-refractivity contribution in [2.24, 2.45) is 0 Å². The molecule has 3 amide bonds. The van der Waals surface area contributed by atoms with Gasteiger partial charge in [-0.05, 0) is 42.0 Å². The van der Waals surface area contributed by atoms with E-state index in [1.807, 2.05) is 6.07 Å². The fourth-order valence-electron chi connectivity index (χ4n) is 2.73. The summed E-state index contributed by atoms with van der Waals surface area (Å²) in [5.74, 6) is -0.398. The quantitative estimate of drug-likeness (QED) is 0.635. The van der Waals surface area contributed by atoms with Gasteiger partial charge in [-0.1, -0.05) is 35.9 Å². The molecular weight excluding hydrogens is 402 g/mol. The number of urea groups is 1. The average Bonchev–Trinajstić information content (AvgIpc) is 2.76. The minimum atomic E-state index is -0.398. The number of carbonyl (C=O) groups excluding carboxylic acids is 2. The van der Waals surface area contributed by atoms with E-state index in [9.17, 15) is 9.59 Å². The van der Waals surface area contributed by atoms with Crippen molar-refractivity contribution in [1.82, 2.24) is 9.88 Å². The molecule has 0 saturated carbocycles. The number of anilines is 2. The second-order valence-corrected chi connectivity index (χ2v) is 6.83. The monoisotopic (exact) mass is 419 g/mol. The van der Waals surface area contributed by atoms with Crippen LogP contribution in [0.15, 0.2) is 66.9 Å². The van der Waals surface area contributed by atoms with Crippen LogP contribution in [-0.4, -0.2) is 28.9 Å². The van der Waals surface area contributed by atoms with Crippen LogP contribution < -0.4 is 10.6 Å². The topological polar surface area (TPSA) is 98.1 Å². The molecule has 0 saturated heterocycles. The van der Waals surface area contributed by atoms with Crippen molar-refractivity contribution in [2.75, 3.05) is 17.7 Å². The van der Waals surface area contributed by atoms with E-state index in [-0.39, 0.29) is 18.3 Å². The molecule has 0 aliphatic carbocycles. The number of aromatic nitrogens is 1. The van der Waals surface area contributed by atoms with Crippen molar-refractivity contribution in [3.63, 3.8) is 0 Å². The predicted octanol–water partition coefficient (Wildman–Crippen LogP) is 4.52. The van der Waals surface area contributed by atoms with Crippen LogP contribution in [0.25, 0.3) is 0 Å². The molecule has 1 heterocycles. The molecule has 0 aliphatic rings. The summed E-state index contributed by atoms with van der Waals surface area (Å²) in [4.78, 5) is 30.5. The second kappa shape index (κ2) is 9.54. The number of rotatable bonds is 5. The molecule has 8 heteroatoms. The molecule has 2 aromatic carbocycles. The van der Waals surface area contributed by atoms with Crippen molar-refractivity contribution in [2.45, 2.75) is 6.54 Å². The van der Waals surface area contributed by atoms with Crippen molar-refractivity contribution in [3.05, 3.63) is 88.7 Å². The Morgan fingerprint density at radius 2 is 1.90 bits per heavy atom. The van der Waals surface area contributed by atoms with Crippen molar-refractivity contribution in [1.29, 1.82) is 5.26 Å². The molecule has 7 nitrogen and oxygen atoms in total. The first-order valence-corrected chi connectivity index (χ1v) is 9.38. The summed E-state index contributed by atoms with van der Waals surface area (Å²) in [6.07, 6.45) is 1.53. The van der Waals surface area contributed by atoms with Crippen LogP contribution in [0, 0.1) is 11.3 Å². The smallest absolute Gasteiger partial charge is 0.321 e. The van der Waals surface area contributed by atoms with E-state index in [4.69, 9.17) is 16.9 Å². The van der Waals surface area contributed by atoms with Crippen LogP contribution in [0.5, 0.6) is 0 Å². The second-order valence-electron chi connectivity index (χ2n) is 6.42. The molecule has 3 aromatic rings. The number of nitrogens with zero attached hydrogens (tertiary/aromatic N) is 3. The molecule has 2 N–H and O–H groups in total. The molecule has 150 valence electrons. The lowest BCUT2D eigenvalue weighted by molar-refractivity contribution is 0.102. The van der Waals surface area contributed by atoms with Gasteiger partial charge in [-0.25, -0.2) is 4.79 Å². The Kier molecular flexibility index (Phi) is 6.63. The molecule has 0 spiro atoms. The number of nitriles is 1. The van der Waals surface area contributed by atoms with E-state index in [0.29, 0.717) is 27.5 Å². The van der Waals surface area contributed by atoms with E-state index in [0.717, 1.165) is 0 Å². The zero-order valence-electron chi connectivity index (χ0n) is 16.1. The minimum Gasteiger partial charge on any atom is -0.323 e. The van der Waals surface area contributed by atoms with Crippen LogP contribution in [0.4, 0.5) is 16.2 Å². The Hall–Kier alpha value is -3.89. The van der Waals surface area contributed by atoms with Crippen molar-refractivity contribution in [3.8, 4) is 6.07 Å². The predicted molar refractivity (Wildman–Crippen MR) is 115 cm³/mol. The highest BCUT2D eigenvalue weighted by molar-refractivity contribution is 6.34. The van der Waals surface area contributed by atoms with Crippen LogP contribution >= 0.6 is 11.6 Å². The van der Waals surface area contributed by atoms with Gasteiger partial charge in [0.15, 0.2) is 0 Å². The molecule has 0 radical (unpaired) electrons. The highest BCUT2D eigenvalue weighted by Crippen LogP contribution is 2.27. The molecule has 30 heavy (non-hydrogen) atoms. The molecule has 0 unspecified atom stereocenters. The third kappa shape index (κ3) is 5.13. The largest absolute Gasteiger partial charge is 0.323 e. The van der Waals surface area contributed by atoms with Gasteiger partial charge in [-0.2, -0.15) is 5.26 Å². The molecule has 0 fully saturated rings. The molecular formula is C22H18ClN5O2. The van der Waals surface area contributed by atoms with E-state index in [1.165, 1.54) is 11.1 Å². The number of carbonyl (C=O) groups is 2. The number of hydrogen-bond acceptors (Lipinski definition) is 4. The minimum absolute atomic E-state index is 0.197. The maximum absolute atomic E-state index is 12.6. The lowest BCUT2D eigenvalue weighted by atomic mass is 10.1. The third-order valence-corrected chi connectivity index (χ3v) is 4.55. The molecule has 0 aliphatic heterocycles. The number of nitrogens with one attached hydrogen (secondary N) is 2. The summed E-state index contributed by atoms with van der Waals surface area (Å²) in [5, 5.41) is 14.9. The van der Waals surface area contributed by atoms with Gasteiger partial charge in [0, 0.05) is 25.5 Å². The van der Waals surface area contributed by atoms with Gasteiger partial charge in [0.25, 0.3) is 5.91 Å². The number of halogens is 1. The van der Waals surface area contributed by atoms with Gasteiger partial charge in [-0.3, -0.25) is 9.78 Å². The zero-order valence-corrected chi connectivity index (χ0v) is 16.8. The van der Waals surface area contributed by atoms with Crippen molar-refractivity contribution < 1.29 is 9.59 Å². The standard InChI is InChI=1S/C22H18ClN5O2/c1-28(22(30)26-17-8-4-6-15(12-17)13-24)14-16-7-5-9-18(23)20(16)27-21(29)19-10-2-3-11-25-19/h2-12H,14H2,1H3,(H,26,30)(H,27,29). The summed E-state index contributed by atoms with van der Waals surface area (Å²) in [6.45, 7) is 0.197. The first-order chi connectivity index (χ1) is 14.5. The highest BCUT2D eigenvalue weighted by Gasteiger charge is 2.16. The van der Waals surface area contributed by atoms with Crippen LogP contribution in [0.1, 0.15) is 21.6 Å². The Labute approximate surface area is 178 Å². The number of amides is 3. The zero-order chi connectivity index (χ0) is 21.5. The molecule has 0 bridgehead atoms. The number of hydrogen-bond donors (Lipinski definition) is 2. The Morgan fingerprint density at radius 3 is 2.63 bits per heavy atom. The van der Waals surface area contributed by atoms with E-state index >= 15 is 0 Å². The van der Waals surface area contributed by atoms with E-state index < -0.39 is 5.91 Å². The fourth-order valence-corrected chi connectivity index (χ4v) is 2.97. The van der Waals surface area contributed by atoms with E-state index in [1.54, 1.807) is 67.7 Å². The van der Waals surface area contributed by atoms with Gasteiger partial charge in [0.2, 0.25) is 0 Å². The Bertz CT molecular complexity index is 1110. The summed E-state index contributed by atoms with van der Waals surface area (Å²) in [5.41, 5.74) is 2.30. The van der Waals surface area contributed by atoms with Gasteiger partial charge in [0.1, 0.15) is 5.69 Å². The first kappa shape index (κ1) is 20.8. The Balaban J connectivity index is 1.74. The van der Waals surface area contributed by atoms with Crippen molar-refractivity contribution >= 4 is 34.9 Å². The van der Waals surface area contributed by atoms with Crippen LogP contribution in [0.2, 0.25) is 5.02 Å². The fraction of sp³-hybridized carbons (Fsp3) is 0.0909. The summed E-state index contributed by atoms with van der Waals surface area (Å²) in [7, 11) is 1.62. The SMILES string of the molecule is CN(Cc1cccc(Cl)c1NC(=O)c1ccccn1)C(=O)Nc1cccc(C#N)c1. The van der Waals surface area contributed by atoms with Crippen LogP contribution in [0.3, 0.4) is 0 Å². The first-order valence-electron chi connectivity index (χ1n) is 9.00. The molecule has 1 aromatic heterocycles. The van der Waals surface area contributed by atoms with Gasteiger partial charge in [0.05, 0.1) is 22.3 Å². The van der Waals surface area contributed by atoms with Gasteiger partial charge >= 0.3 is 6.03 Å². The lowest BCUT2D eigenvalue weighted by Gasteiger charge is -2.21. The normalized spacial score (nSPS) is 10.0. The highest BCUT2D eigenvalue weighted by atomic mass is 35.5.